The standard InChI is InChI=1S/C34H48N4O6/c1-6-43-31(40)22-37-18-19-38(21-27-14-10-11-15-29(27)37)32(30(39)17-16-24(2)3)36-33(41)28(20-25(4)5)35-34(42)44-23-26-12-8-7-9-13-26/h7-15,24-25,28,32H,6,16-23H2,1-5H3,(H,35,42)(H,36,41)/t28-,32?/m0/s1. The van der Waals surface area contributed by atoms with Crippen LogP contribution in [0.3, 0.4) is 0 Å². The third-order valence-corrected chi connectivity index (χ3v) is 7.43. The maximum atomic E-state index is 13.8. The third-order valence-electron chi connectivity index (χ3n) is 7.43. The number of ketones is 1. The van der Waals surface area contributed by atoms with Gasteiger partial charge in [-0.2, -0.15) is 0 Å². The monoisotopic (exact) mass is 608 g/mol. The molecule has 0 bridgehead atoms. The van der Waals surface area contributed by atoms with E-state index in [1.165, 1.54) is 0 Å². The van der Waals surface area contributed by atoms with E-state index in [4.69, 9.17) is 9.47 Å². The average molecular weight is 609 g/mol. The van der Waals surface area contributed by atoms with E-state index in [9.17, 15) is 19.2 Å². The highest BCUT2D eigenvalue weighted by atomic mass is 16.5. The van der Waals surface area contributed by atoms with Crippen LogP contribution in [0.5, 0.6) is 0 Å². The van der Waals surface area contributed by atoms with Gasteiger partial charge in [-0.3, -0.25) is 19.3 Å². The Hall–Kier alpha value is -3.92. The number of rotatable bonds is 15. The molecule has 44 heavy (non-hydrogen) atoms. The van der Waals surface area contributed by atoms with E-state index >= 15 is 0 Å². The molecule has 0 radical (unpaired) electrons. The van der Waals surface area contributed by atoms with E-state index in [0.29, 0.717) is 51.4 Å². The molecule has 2 aromatic rings. The van der Waals surface area contributed by atoms with Gasteiger partial charge in [-0.15, -0.1) is 0 Å². The van der Waals surface area contributed by atoms with Crippen LogP contribution < -0.4 is 15.5 Å². The fraction of sp³-hybridized carbons (Fsp3) is 0.529. The Morgan fingerprint density at radius 1 is 0.864 bits per heavy atom. The molecule has 1 unspecified atom stereocenters. The summed E-state index contributed by atoms with van der Waals surface area (Å²) < 4.78 is 10.6. The van der Waals surface area contributed by atoms with Crippen LogP contribution in [0.15, 0.2) is 54.6 Å². The zero-order valence-electron chi connectivity index (χ0n) is 26.7. The number of carbonyl (C=O) groups excluding carboxylic acids is 4. The van der Waals surface area contributed by atoms with Gasteiger partial charge in [0.1, 0.15) is 25.4 Å². The van der Waals surface area contributed by atoms with Crippen molar-refractivity contribution in [2.75, 3.05) is 31.1 Å². The number of amides is 2. The summed E-state index contributed by atoms with van der Waals surface area (Å²) in [6.07, 6.45) is -0.252. The summed E-state index contributed by atoms with van der Waals surface area (Å²) in [6.45, 7) is 11.6. The van der Waals surface area contributed by atoms with Crippen LogP contribution in [0, 0.1) is 11.8 Å². The summed E-state index contributed by atoms with van der Waals surface area (Å²) in [4.78, 5) is 56.5. The van der Waals surface area contributed by atoms with Crippen molar-refractivity contribution < 1.29 is 28.7 Å². The van der Waals surface area contributed by atoms with Gasteiger partial charge in [0.25, 0.3) is 0 Å². The quantitative estimate of drug-likeness (QED) is 0.281. The first kappa shape index (κ1) is 34.6. The highest BCUT2D eigenvalue weighted by molar-refractivity contribution is 5.92. The molecule has 2 atom stereocenters. The minimum absolute atomic E-state index is 0.0779. The minimum atomic E-state index is -0.909. The van der Waals surface area contributed by atoms with Crippen molar-refractivity contribution in [2.24, 2.45) is 11.8 Å². The van der Waals surface area contributed by atoms with Gasteiger partial charge < -0.3 is 25.0 Å². The molecule has 240 valence electrons. The lowest BCUT2D eigenvalue weighted by Gasteiger charge is -2.32. The van der Waals surface area contributed by atoms with Crippen molar-refractivity contribution in [2.45, 2.75) is 79.2 Å². The first-order valence-electron chi connectivity index (χ1n) is 15.6. The second-order valence-electron chi connectivity index (χ2n) is 12.0. The van der Waals surface area contributed by atoms with Crippen molar-refractivity contribution in [3.05, 3.63) is 65.7 Å². The van der Waals surface area contributed by atoms with Gasteiger partial charge in [-0.1, -0.05) is 76.2 Å². The molecule has 10 nitrogen and oxygen atoms in total. The highest BCUT2D eigenvalue weighted by Crippen LogP contribution is 2.26. The minimum Gasteiger partial charge on any atom is -0.465 e. The van der Waals surface area contributed by atoms with Gasteiger partial charge in [0.15, 0.2) is 5.78 Å². The molecule has 0 fully saturated rings. The predicted molar refractivity (Wildman–Crippen MR) is 170 cm³/mol. The zero-order chi connectivity index (χ0) is 32.1. The van der Waals surface area contributed by atoms with Crippen LogP contribution in [-0.2, 0) is 37.0 Å². The molecule has 10 heteroatoms. The van der Waals surface area contributed by atoms with Crippen molar-refractivity contribution in [3.8, 4) is 0 Å². The van der Waals surface area contributed by atoms with E-state index in [2.05, 4.69) is 24.5 Å². The third kappa shape index (κ3) is 11.0. The summed E-state index contributed by atoms with van der Waals surface area (Å²) in [5.74, 6) is -0.459. The summed E-state index contributed by atoms with van der Waals surface area (Å²) in [7, 11) is 0. The van der Waals surface area contributed by atoms with Gasteiger partial charge >= 0.3 is 12.1 Å². The number of ether oxygens (including phenoxy) is 2. The van der Waals surface area contributed by atoms with E-state index in [1.807, 2.05) is 78.2 Å². The molecule has 1 heterocycles. The van der Waals surface area contributed by atoms with Gasteiger partial charge in [-0.25, -0.2) is 4.79 Å². The van der Waals surface area contributed by atoms with Crippen LogP contribution in [0.1, 0.15) is 65.0 Å². The zero-order valence-corrected chi connectivity index (χ0v) is 26.7. The first-order valence-corrected chi connectivity index (χ1v) is 15.6. The predicted octanol–water partition coefficient (Wildman–Crippen LogP) is 4.66. The number of alkyl carbamates (subject to hydrolysis) is 1. The molecule has 2 amide bonds. The van der Waals surface area contributed by atoms with Crippen molar-refractivity contribution in [3.63, 3.8) is 0 Å². The molecule has 0 aliphatic carbocycles. The normalized spacial score (nSPS) is 14.8. The second-order valence-corrected chi connectivity index (χ2v) is 12.0. The van der Waals surface area contributed by atoms with Crippen LogP contribution in [0.25, 0.3) is 0 Å². The number of Topliss-reactive ketones (excluding diaryl/α,β-unsaturated/α-hetero) is 1. The first-order chi connectivity index (χ1) is 21.1. The number of nitrogens with one attached hydrogen (secondary N) is 2. The van der Waals surface area contributed by atoms with Crippen LogP contribution in [-0.4, -0.2) is 67.1 Å². The number of para-hydroxylation sites is 1. The molecule has 3 rings (SSSR count). The maximum absolute atomic E-state index is 13.8. The number of anilines is 1. The molecule has 1 aliphatic heterocycles. The molecule has 2 aromatic carbocycles. The Bertz CT molecular complexity index is 1240. The fourth-order valence-corrected chi connectivity index (χ4v) is 5.16. The van der Waals surface area contributed by atoms with Crippen LogP contribution in [0.4, 0.5) is 10.5 Å². The molecule has 1 aliphatic rings. The van der Waals surface area contributed by atoms with Gasteiger partial charge in [-0.05, 0) is 48.8 Å². The molecule has 0 saturated carbocycles. The number of hydrogen-bond acceptors (Lipinski definition) is 8. The van der Waals surface area contributed by atoms with Crippen molar-refractivity contribution in [1.82, 2.24) is 15.5 Å². The maximum Gasteiger partial charge on any atom is 0.408 e. The van der Waals surface area contributed by atoms with E-state index in [-0.39, 0.29) is 30.8 Å². The highest BCUT2D eigenvalue weighted by Gasteiger charge is 2.33. The molecule has 0 spiro atoms. The Balaban J connectivity index is 1.80. The van der Waals surface area contributed by atoms with E-state index in [1.54, 1.807) is 6.92 Å². The second kappa shape index (κ2) is 17.4. The average Bonchev–Trinajstić information content (AvgIpc) is 3.17. The number of fused-ring (bicyclic) bond motifs is 1. The molecule has 0 saturated heterocycles. The van der Waals surface area contributed by atoms with Gasteiger partial charge in [0.2, 0.25) is 5.91 Å². The molecular formula is C34H48N4O6. The largest absolute Gasteiger partial charge is 0.465 e. The Morgan fingerprint density at radius 3 is 2.25 bits per heavy atom. The topological polar surface area (TPSA) is 117 Å². The van der Waals surface area contributed by atoms with Crippen LogP contribution >= 0.6 is 0 Å². The molecule has 2 N–H and O–H groups in total. The van der Waals surface area contributed by atoms with E-state index in [0.717, 1.165) is 16.8 Å². The summed E-state index contributed by atoms with van der Waals surface area (Å²) in [6, 6.07) is 16.2. The summed E-state index contributed by atoms with van der Waals surface area (Å²) in [5, 5.41) is 5.71. The van der Waals surface area contributed by atoms with E-state index < -0.39 is 24.2 Å². The SMILES string of the molecule is CCOC(=O)CN1CCN(C(NC(=O)[C@H](CC(C)C)NC(=O)OCc2ccccc2)C(=O)CCC(C)C)Cc2ccccc21. The Labute approximate surface area is 261 Å². The lowest BCUT2D eigenvalue weighted by atomic mass is 10.0. The smallest absolute Gasteiger partial charge is 0.408 e. The van der Waals surface area contributed by atoms with Crippen molar-refractivity contribution in [1.29, 1.82) is 0 Å². The van der Waals surface area contributed by atoms with Gasteiger partial charge in [0, 0.05) is 31.7 Å². The Kier molecular flexibility index (Phi) is 13.7. The number of esters is 1. The summed E-state index contributed by atoms with van der Waals surface area (Å²) in [5.41, 5.74) is 2.66. The number of nitrogens with zero attached hydrogens (tertiary/aromatic N) is 2. The lowest BCUT2D eigenvalue weighted by molar-refractivity contribution is -0.141. The molecular weight excluding hydrogens is 560 g/mol. The number of benzene rings is 2. The number of carbonyl (C=O) groups is 4. The fourth-order valence-electron chi connectivity index (χ4n) is 5.16. The van der Waals surface area contributed by atoms with Crippen molar-refractivity contribution >= 4 is 29.4 Å². The van der Waals surface area contributed by atoms with Gasteiger partial charge in [0.05, 0.1) is 6.61 Å². The summed E-state index contributed by atoms with van der Waals surface area (Å²) >= 11 is 0. The lowest BCUT2D eigenvalue weighted by Crippen LogP contribution is -2.58. The number of hydrogen-bond donors (Lipinski definition) is 2. The molecule has 0 aromatic heterocycles. The Morgan fingerprint density at radius 2 is 1.57 bits per heavy atom. The van der Waals surface area contributed by atoms with Crippen LogP contribution in [0.2, 0.25) is 0 Å².